The Labute approximate surface area is 199 Å². The molecule has 3 aromatic heterocycles. The second-order valence-corrected chi connectivity index (χ2v) is 9.99. The van der Waals surface area contributed by atoms with Crippen LogP contribution in [0.15, 0.2) is 30.6 Å². The van der Waals surface area contributed by atoms with Crippen molar-refractivity contribution in [2.24, 2.45) is 0 Å². The standard InChI is InChI=1S/C26H31N7O/c1-18-16-34-14-13-33(18)23-15-21(26(17-27)7-11-32(12-8-26)19-3-2-4-19)20-5-9-28-25(24(20)30-23)22-6-10-29-31-22/h5-6,9-10,15,18-19H,2-4,7-8,11-14,16H2,1H3,(H,29,31)/t18-/m1/s1. The SMILES string of the molecule is C[C@@H]1COCCN1c1cc(C2(C#N)CCN(C3CCC3)CC2)c2ccnc(-c3ccn[nH]3)c2n1. The van der Waals surface area contributed by atoms with E-state index in [1.54, 1.807) is 6.20 Å². The van der Waals surface area contributed by atoms with Crippen LogP contribution < -0.4 is 4.90 Å². The molecule has 8 nitrogen and oxygen atoms in total. The molecular formula is C26H31N7O. The predicted molar refractivity (Wildman–Crippen MR) is 130 cm³/mol. The number of nitrogens with zero attached hydrogens (tertiary/aromatic N) is 6. The van der Waals surface area contributed by atoms with Crippen LogP contribution in [0, 0.1) is 11.3 Å². The van der Waals surface area contributed by atoms with Gasteiger partial charge in [0, 0.05) is 43.5 Å². The molecule has 1 N–H and O–H groups in total. The molecule has 5 heterocycles. The van der Waals surface area contributed by atoms with Crippen molar-refractivity contribution in [3.8, 4) is 17.5 Å². The number of H-pyrrole nitrogens is 1. The first kappa shape index (κ1) is 21.5. The lowest BCUT2D eigenvalue weighted by atomic mass is 9.72. The maximum atomic E-state index is 10.6. The number of morpholine rings is 1. The van der Waals surface area contributed by atoms with Gasteiger partial charge in [-0.05, 0) is 56.4 Å². The quantitative estimate of drug-likeness (QED) is 0.639. The summed E-state index contributed by atoms with van der Waals surface area (Å²) in [6.07, 6.45) is 9.20. The van der Waals surface area contributed by atoms with Gasteiger partial charge in [0.25, 0.3) is 0 Å². The number of hydrogen-bond donors (Lipinski definition) is 1. The number of pyridine rings is 2. The minimum Gasteiger partial charge on any atom is -0.377 e. The van der Waals surface area contributed by atoms with E-state index < -0.39 is 5.41 Å². The fourth-order valence-electron chi connectivity index (χ4n) is 5.80. The van der Waals surface area contributed by atoms with Gasteiger partial charge in [-0.15, -0.1) is 0 Å². The zero-order valence-corrected chi connectivity index (χ0v) is 19.7. The Morgan fingerprint density at radius 3 is 2.71 bits per heavy atom. The summed E-state index contributed by atoms with van der Waals surface area (Å²) >= 11 is 0. The smallest absolute Gasteiger partial charge is 0.130 e. The van der Waals surface area contributed by atoms with Crippen molar-refractivity contribution in [1.82, 2.24) is 25.1 Å². The van der Waals surface area contributed by atoms with Gasteiger partial charge in [0.15, 0.2) is 0 Å². The normalized spacial score (nSPS) is 23.5. The molecule has 0 amide bonds. The van der Waals surface area contributed by atoms with Crippen molar-refractivity contribution in [3.05, 3.63) is 36.2 Å². The number of hydrogen-bond acceptors (Lipinski definition) is 7. The minimum absolute atomic E-state index is 0.220. The summed E-state index contributed by atoms with van der Waals surface area (Å²) in [7, 11) is 0. The van der Waals surface area contributed by atoms with Crippen LogP contribution in [-0.2, 0) is 10.2 Å². The molecule has 0 aromatic carbocycles. The van der Waals surface area contributed by atoms with Gasteiger partial charge in [-0.1, -0.05) is 6.42 Å². The highest BCUT2D eigenvalue weighted by Gasteiger charge is 2.41. The number of ether oxygens (including phenoxy) is 1. The van der Waals surface area contributed by atoms with E-state index in [2.05, 4.69) is 44.0 Å². The van der Waals surface area contributed by atoms with Crippen LogP contribution in [0.5, 0.6) is 0 Å². The van der Waals surface area contributed by atoms with Crippen molar-refractivity contribution in [3.63, 3.8) is 0 Å². The van der Waals surface area contributed by atoms with Gasteiger partial charge in [-0.2, -0.15) is 10.4 Å². The number of piperidine rings is 1. The molecule has 2 saturated heterocycles. The van der Waals surface area contributed by atoms with Gasteiger partial charge in [-0.25, -0.2) is 4.98 Å². The highest BCUT2D eigenvalue weighted by atomic mass is 16.5. The second-order valence-electron chi connectivity index (χ2n) is 9.99. The summed E-state index contributed by atoms with van der Waals surface area (Å²) in [5, 5.41) is 18.8. The molecule has 34 heavy (non-hydrogen) atoms. The second kappa shape index (κ2) is 8.64. The summed E-state index contributed by atoms with van der Waals surface area (Å²) in [6.45, 7) is 6.26. The van der Waals surface area contributed by atoms with E-state index >= 15 is 0 Å². The molecule has 0 bridgehead atoms. The molecule has 8 heteroatoms. The van der Waals surface area contributed by atoms with Crippen molar-refractivity contribution < 1.29 is 4.74 Å². The Balaban J connectivity index is 1.49. The summed E-state index contributed by atoms with van der Waals surface area (Å²) in [4.78, 5) is 14.7. The van der Waals surface area contributed by atoms with Crippen LogP contribution in [0.3, 0.4) is 0 Å². The van der Waals surface area contributed by atoms with Gasteiger partial charge >= 0.3 is 0 Å². The topological polar surface area (TPSA) is 94.0 Å². The summed E-state index contributed by atoms with van der Waals surface area (Å²) in [5.41, 5.74) is 3.00. The van der Waals surface area contributed by atoms with Crippen LogP contribution in [-0.4, -0.2) is 70.0 Å². The number of nitriles is 1. The molecule has 3 aromatic rings. The van der Waals surface area contributed by atoms with Crippen molar-refractivity contribution >= 4 is 16.7 Å². The first-order chi connectivity index (χ1) is 16.7. The Hall–Kier alpha value is -3.02. The van der Waals surface area contributed by atoms with Crippen LogP contribution in [0.1, 0.15) is 44.6 Å². The van der Waals surface area contributed by atoms with Crippen LogP contribution in [0.25, 0.3) is 22.3 Å². The van der Waals surface area contributed by atoms with E-state index in [9.17, 15) is 5.26 Å². The Morgan fingerprint density at radius 2 is 2.03 bits per heavy atom. The number of rotatable bonds is 4. The summed E-state index contributed by atoms with van der Waals surface area (Å²) in [5.74, 6) is 0.906. The zero-order valence-electron chi connectivity index (χ0n) is 19.7. The van der Waals surface area contributed by atoms with E-state index in [1.807, 2.05) is 18.3 Å². The Bertz CT molecular complexity index is 1210. The third-order valence-corrected chi connectivity index (χ3v) is 8.10. The number of fused-ring (bicyclic) bond motifs is 1. The van der Waals surface area contributed by atoms with Crippen molar-refractivity contribution in [1.29, 1.82) is 5.26 Å². The molecule has 3 fully saturated rings. The zero-order chi connectivity index (χ0) is 23.1. The number of nitrogens with one attached hydrogen (secondary N) is 1. The fraction of sp³-hybridized carbons (Fsp3) is 0.538. The van der Waals surface area contributed by atoms with Crippen LogP contribution in [0.4, 0.5) is 5.82 Å². The largest absolute Gasteiger partial charge is 0.377 e. The van der Waals surface area contributed by atoms with Crippen LogP contribution >= 0.6 is 0 Å². The van der Waals surface area contributed by atoms with Gasteiger partial charge in [0.2, 0.25) is 0 Å². The van der Waals surface area contributed by atoms with E-state index in [0.717, 1.165) is 66.1 Å². The fourth-order valence-corrected chi connectivity index (χ4v) is 5.80. The molecule has 6 rings (SSSR count). The molecule has 0 spiro atoms. The van der Waals surface area contributed by atoms with E-state index in [0.29, 0.717) is 19.3 Å². The molecule has 3 aliphatic rings. The third kappa shape index (κ3) is 3.55. The lowest BCUT2D eigenvalue weighted by Gasteiger charge is -2.45. The highest BCUT2D eigenvalue weighted by molar-refractivity contribution is 5.94. The summed E-state index contributed by atoms with van der Waals surface area (Å²) in [6, 6.07) is 9.85. The molecule has 1 aliphatic carbocycles. The number of aromatic nitrogens is 4. The molecule has 1 atom stereocenters. The molecule has 2 aliphatic heterocycles. The monoisotopic (exact) mass is 457 g/mol. The first-order valence-corrected chi connectivity index (χ1v) is 12.5. The lowest BCUT2D eigenvalue weighted by molar-refractivity contribution is 0.0856. The van der Waals surface area contributed by atoms with E-state index in [1.165, 1.54) is 19.3 Å². The minimum atomic E-state index is -0.529. The maximum absolute atomic E-state index is 10.6. The highest BCUT2D eigenvalue weighted by Crippen LogP contribution is 2.43. The van der Waals surface area contributed by atoms with Crippen LogP contribution in [0.2, 0.25) is 0 Å². The van der Waals surface area contributed by atoms with E-state index in [-0.39, 0.29) is 6.04 Å². The predicted octanol–water partition coefficient (Wildman–Crippen LogP) is 3.65. The molecule has 176 valence electrons. The molecule has 0 radical (unpaired) electrons. The maximum Gasteiger partial charge on any atom is 0.130 e. The summed E-state index contributed by atoms with van der Waals surface area (Å²) < 4.78 is 5.69. The van der Waals surface area contributed by atoms with E-state index in [4.69, 9.17) is 9.72 Å². The first-order valence-electron chi connectivity index (χ1n) is 12.5. The molecule has 1 saturated carbocycles. The average Bonchev–Trinajstić information content (AvgIpc) is 3.38. The molecule has 0 unspecified atom stereocenters. The lowest BCUT2D eigenvalue weighted by Crippen LogP contribution is -2.49. The number of anilines is 1. The van der Waals surface area contributed by atoms with Crippen molar-refractivity contribution in [2.75, 3.05) is 37.7 Å². The van der Waals surface area contributed by atoms with Gasteiger partial charge in [0.1, 0.15) is 17.0 Å². The van der Waals surface area contributed by atoms with Gasteiger partial charge in [-0.3, -0.25) is 10.1 Å². The number of likely N-dealkylation sites (tertiary alicyclic amines) is 1. The average molecular weight is 458 g/mol. The van der Waals surface area contributed by atoms with Crippen molar-refractivity contribution in [2.45, 2.75) is 56.5 Å². The third-order valence-electron chi connectivity index (χ3n) is 8.10. The molecular weight excluding hydrogens is 426 g/mol. The van der Waals surface area contributed by atoms with Gasteiger partial charge in [0.05, 0.1) is 36.4 Å². The Morgan fingerprint density at radius 1 is 1.18 bits per heavy atom. The van der Waals surface area contributed by atoms with Gasteiger partial charge < -0.3 is 14.5 Å². The Kier molecular flexibility index (Phi) is 5.47. The number of aromatic amines is 1.